The van der Waals surface area contributed by atoms with Crippen molar-refractivity contribution in [1.82, 2.24) is 14.8 Å². The first-order valence-electron chi connectivity index (χ1n) is 7.67. The summed E-state index contributed by atoms with van der Waals surface area (Å²) in [5.41, 5.74) is 2.47. The third kappa shape index (κ3) is 3.34. The predicted molar refractivity (Wildman–Crippen MR) is 86.1 cm³/mol. The van der Waals surface area contributed by atoms with Crippen LogP contribution in [0.5, 0.6) is 0 Å². The average molecular weight is 295 g/mol. The number of nitrogens with zero attached hydrogens (tertiary/aromatic N) is 3. The summed E-state index contributed by atoms with van der Waals surface area (Å²) in [5.74, 6) is 0.150. The standard InChI is InChI=1S/C18H21N3O/c1-15(22)21-12-11-20(13-16-7-9-19-10-8-16)14-18(21)17-5-3-2-4-6-17/h2-10,18H,11-14H2,1H3. The maximum absolute atomic E-state index is 11.9. The van der Waals surface area contributed by atoms with Crippen LogP contribution in [0.25, 0.3) is 0 Å². The van der Waals surface area contributed by atoms with E-state index in [-0.39, 0.29) is 11.9 Å². The Kier molecular flexibility index (Phi) is 4.49. The normalized spacial score (nSPS) is 19.1. The number of rotatable bonds is 3. The molecular weight excluding hydrogens is 274 g/mol. The second kappa shape index (κ2) is 6.71. The largest absolute Gasteiger partial charge is 0.333 e. The predicted octanol–water partition coefficient (Wildman–Crippen LogP) is 2.49. The van der Waals surface area contributed by atoms with Gasteiger partial charge in [0.2, 0.25) is 5.91 Å². The van der Waals surface area contributed by atoms with Crippen LogP contribution < -0.4 is 0 Å². The minimum absolute atomic E-state index is 0.134. The van der Waals surface area contributed by atoms with Crippen molar-refractivity contribution in [3.63, 3.8) is 0 Å². The SMILES string of the molecule is CC(=O)N1CCN(Cc2ccncc2)CC1c1ccccc1. The Morgan fingerprint density at radius 2 is 1.86 bits per heavy atom. The number of aromatic nitrogens is 1. The highest BCUT2D eigenvalue weighted by molar-refractivity contribution is 5.74. The number of hydrogen-bond acceptors (Lipinski definition) is 3. The number of benzene rings is 1. The van der Waals surface area contributed by atoms with E-state index in [0.29, 0.717) is 0 Å². The highest BCUT2D eigenvalue weighted by Gasteiger charge is 2.29. The van der Waals surface area contributed by atoms with E-state index < -0.39 is 0 Å². The van der Waals surface area contributed by atoms with Crippen LogP contribution in [0.4, 0.5) is 0 Å². The summed E-state index contributed by atoms with van der Waals surface area (Å²) >= 11 is 0. The Labute approximate surface area is 131 Å². The summed E-state index contributed by atoms with van der Waals surface area (Å²) in [6.45, 7) is 5.11. The molecule has 1 saturated heterocycles. The number of amides is 1. The van der Waals surface area contributed by atoms with E-state index in [9.17, 15) is 4.79 Å². The van der Waals surface area contributed by atoms with Gasteiger partial charge in [-0.25, -0.2) is 0 Å². The van der Waals surface area contributed by atoms with Gasteiger partial charge in [0.15, 0.2) is 0 Å². The average Bonchev–Trinajstić information content (AvgIpc) is 2.56. The molecule has 0 saturated carbocycles. The lowest BCUT2D eigenvalue weighted by Crippen LogP contribution is -2.49. The number of carbonyl (C=O) groups excluding carboxylic acids is 1. The number of piperazine rings is 1. The third-order valence-corrected chi connectivity index (χ3v) is 4.21. The minimum atomic E-state index is 0.134. The lowest BCUT2D eigenvalue weighted by atomic mass is 10.0. The zero-order chi connectivity index (χ0) is 15.4. The van der Waals surface area contributed by atoms with Gasteiger partial charge in [-0.15, -0.1) is 0 Å². The molecule has 0 radical (unpaired) electrons. The summed E-state index contributed by atoms with van der Waals surface area (Å²) in [5, 5.41) is 0. The first-order valence-corrected chi connectivity index (χ1v) is 7.67. The van der Waals surface area contributed by atoms with Gasteiger partial charge < -0.3 is 4.90 Å². The van der Waals surface area contributed by atoms with Gasteiger partial charge in [0.05, 0.1) is 6.04 Å². The molecule has 114 valence electrons. The number of carbonyl (C=O) groups is 1. The van der Waals surface area contributed by atoms with Crippen molar-refractivity contribution >= 4 is 5.91 Å². The molecule has 4 heteroatoms. The van der Waals surface area contributed by atoms with Crippen molar-refractivity contribution in [1.29, 1.82) is 0 Å². The molecule has 1 amide bonds. The van der Waals surface area contributed by atoms with E-state index in [4.69, 9.17) is 0 Å². The smallest absolute Gasteiger partial charge is 0.220 e. The molecular formula is C18H21N3O. The second-order valence-electron chi connectivity index (χ2n) is 5.73. The maximum Gasteiger partial charge on any atom is 0.220 e. The van der Waals surface area contributed by atoms with Gasteiger partial charge >= 0.3 is 0 Å². The molecule has 0 aliphatic carbocycles. The maximum atomic E-state index is 11.9. The van der Waals surface area contributed by atoms with Crippen LogP contribution in [-0.4, -0.2) is 40.3 Å². The molecule has 4 nitrogen and oxygen atoms in total. The Hall–Kier alpha value is -2.20. The molecule has 2 aromatic rings. The molecule has 0 spiro atoms. The molecule has 1 unspecified atom stereocenters. The van der Waals surface area contributed by atoms with Crippen LogP contribution in [0, 0.1) is 0 Å². The topological polar surface area (TPSA) is 36.4 Å². The molecule has 1 aliphatic rings. The van der Waals surface area contributed by atoms with Crippen LogP contribution >= 0.6 is 0 Å². The van der Waals surface area contributed by atoms with E-state index in [1.165, 1.54) is 11.1 Å². The molecule has 1 aliphatic heterocycles. The van der Waals surface area contributed by atoms with Crippen molar-refractivity contribution in [2.45, 2.75) is 19.5 Å². The molecule has 1 aromatic carbocycles. The highest BCUT2D eigenvalue weighted by atomic mass is 16.2. The van der Waals surface area contributed by atoms with E-state index in [1.54, 1.807) is 6.92 Å². The molecule has 1 fully saturated rings. The molecule has 0 bridgehead atoms. The van der Waals surface area contributed by atoms with Gasteiger partial charge in [0, 0.05) is 45.5 Å². The zero-order valence-corrected chi connectivity index (χ0v) is 12.9. The molecule has 1 atom stereocenters. The first kappa shape index (κ1) is 14.7. The molecule has 3 rings (SSSR count). The van der Waals surface area contributed by atoms with Crippen LogP contribution in [0.15, 0.2) is 54.9 Å². The van der Waals surface area contributed by atoms with Gasteiger partial charge in [-0.05, 0) is 23.3 Å². The van der Waals surface area contributed by atoms with E-state index in [2.05, 4.69) is 34.1 Å². The lowest BCUT2D eigenvalue weighted by Gasteiger charge is -2.41. The zero-order valence-electron chi connectivity index (χ0n) is 12.9. The summed E-state index contributed by atoms with van der Waals surface area (Å²) < 4.78 is 0. The Morgan fingerprint density at radius 3 is 2.55 bits per heavy atom. The van der Waals surface area contributed by atoms with Crippen LogP contribution in [0.1, 0.15) is 24.1 Å². The Bertz CT molecular complexity index is 615. The van der Waals surface area contributed by atoms with E-state index in [0.717, 1.165) is 26.2 Å². The van der Waals surface area contributed by atoms with Crippen molar-refractivity contribution in [3.05, 3.63) is 66.0 Å². The summed E-state index contributed by atoms with van der Waals surface area (Å²) in [4.78, 5) is 20.4. The van der Waals surface area contributed by atoms with Crippen molar-refractivity contribution in [3.8, 4) is 0 Å². The second-order valence-corrected chi connectivity index (χ2v) is 5.73. The molecule has 0 N–H and O–H groups in total. The Balaban J connectivity index is 1.77. The van der Waals surface area contributed by atoms with Gasteiger partial charge in [-0.1, -0.05) is 30.3 Å². The fraction of sp³-hybridized carbons (Fsp3) is 0.333. The lowest BCUT2D eigenvalue weighted by molar-refractivity contribution is -0.134. The quantitative estimate of drug-likeness (QED) is 0.873. The van der Waals surface area contributed by atoms with Crippen molar-refractivity contribution in [2.24, 2.45) is 0 Å². The van der Waals surface area contributed by atoms with Gasteiger partial charge in [0.25, 0.3) is 0 Å². The molecule has 22 heavy (non-hydrogen) atoms. The highest BCUT2D eigenvalue weighted by Crippen LogP contribution is 2.26. The van der Waals surface area contributed by atoms with Crippen LogP contribution in [0.2, 0.25) is 0 Å². The van der Waals surface area contributed by atoms with Crippen LogP contribution in [0.3, 0.4) is 0 Å². The minimum Gasteiger partial charge on any atom is -0.333 e. The van der Waals surface area contributed by atoms with Gasteiger partial charge in [-0.2, -0.15) is 0 Å². The fourth-order valence-electron chi connectivity index (χ4n) is 3.07. The summed E-state index contributed by atoms with van der Waals surface area (Å²) in [6.07, 6.45) is 3.66. The number of hydrogen-bond donors (Lipinski definition) is 0. The summed E-state index contributed by atoms with van der Waals surface area (Å²) in [6, 6.07) is 14.5. The summed E-state index contributed by atoms with van der Waals surface area (Å²) in [7, 11) is 0. The van der Waals surface area contributed by atoms with Crippen molar-refractivity contribution in [2.75, 3.05) is 19.6 Å². The monoisotopic (exact) mass is 295 g/mol. The number of pyridine rings is 1. The fourth-order valence-corrected chi connectivity index (χ4v) is 3.07. The van der Waals surface area contributed by atoms with E-state index >= 15 is 0 Å². The Morgan fingerprint density at radius 1 is 1.14 bits per heavy atom. The van der Waals surface area contributed by atoms with Crippen molar-refractivity contribution < 1.29 is 4.79 Å². The molecule has 1 aromatic heterocycles. The van der Waals surface area contributed by atoms with Gasteiger partial charge in [-0.3, -0.25) is 14.7 Å². The third-order valence-electron chi connectivity index (χ3n) is 4.21. The molecule has 2 heterocycles. The first-order chi connectivity index (χ1) is 10.7. The van der Waals surface area contributed by atoms with E-state index in [1.807, 2.05) is 35.5 Å². The van der Waals surface area contributed by atoms with Gasteiger partial charge in [0.1, 0.15) is 0 Å². The van der Waals surface area contributed by atoms with Crippen LogP contribution in [-0.2, 0) is 11.3 Å².